The van der Waals surface area contributed by atoms with Crippen molar-refractivity contribution in [3.63, 3.8) is 0 Å². The van der Waals surface area contributed by atoms with Gasteiger partial charge in [-0.25, -0.2) is 0 Å². The number of benzene rings is 1. The third-order valence-corrected chi connectivity index (χ3v) is 5.83. The van der Waals surface area contributed by atoms with Gasteiger partial charge >= 0.3 is 0 Å². The molecule has 2 aliphatic rings. The molecule has 1 heterocycles. The molecular formula is C20H30N2O. The Balaban J connectivity index is 1.50. The highest BCUT2D eigenvalue weighted by atomic mass is 16.2. The maximum absolute atomic E-state index is 12.5. The van der Waals surface area contributed by atoms with Crippen molar-refractivity contribution in [2.45, 2.75) is 50.5 Å². The van der Waals surface area contributed by atoms with E-state index in [2.05, 4.69) is 36.0 Å². The fraction of sp³-hybridized carbons (Fsp3) is 0.650. The van der Waals surface area contributed by atoms with Crippen LogP contribution in [0.15, 0.2) is 30.3 Å². The normalized spacial score (nSPS) is 20.7. The molecule has 2 fully saturated rings. The number of nitrogens with zero attached hydrogens (tertiary/aromatic N) is 2. The molecule has 3 rings (SSSR count). The van der Waals surface area contributed by atoms with E-state index in [-0.39, 0.29) is 0 Å². The van der Waals surface area contributed by atoms with Gasteiger partial charge in [-0.15, -0.1) is 0 Å². The van der Waals surface area contributed by atoms with E-state index in [1.165, 1.54) is 24.8 Å². The molecule has 1 aromatic rings. The Kier molecular flexibility index (Phi) is 5.05. The number of amides is 1. The summed E-state index contributed by atoms with van der Waals surface area (Å²) in [6.07, 6.45) is 7.91. The third-order valence-electron chi connectivity index (χ3n) is 5.83. The highest BCUT2D eigenvalue weighted by molar-refractivity contribution is 5.76. The number of rotatable bonds is 6. The second-order valence-corrected chi connectivity index (χ2v) is 7.63. The van der Waals surface area contributed by atoms with Crippen LogP contribution in [-0.2, 0) is 11.2 Å². The van der Waals surface area contributed by atoms with Crippen LogP contribution in [0.4, 0.5) is 0 Å². The zero-order chi connectivity index (χ0) is 16.3. The van der Waals surface area contributed by atoms with Crippen molar-refractivity contribution in [3.8, 4) is 0 Å². The van der Waals surface area contributed by atoms with Crippen LogP contribution in [0.3, 0.4) is 0 Å². The summed E-state index contributed by atoms with van der Waals surface area (Å²) in [5, 5.41) is 0. The monoisotopic (exact) mass is 314 g/mol. The number of aryl methyl sites for hydroxylation is 1. The topological polar surface area (TPSA) is 23.6 Å². The molecule has 1 saturated carbocycles. The van der Waals surface area contributed by atoms with E-state index in [0.717, 1.165) is 38.3 Å². The van der Waals surface area contributed by atoms with Gasteiger partial charge in [0.1, 0.15) is 0 Å². The number of piperidine rings is 1. The molecule has 1 aliphatic carbocycles. The molecule has 0 atom stereocenters. The quantitative estimate of drug-likeness (QED) is 0.804. The van der Waals surface area contributed by atoms with Crippen molar-refractivity contribution >= 4 is 5.91 Å². The van der Waals surface area contributed by atoms with E-state index in [1.54, 1.807) is 0 Å². The SMILES string of the molecule is CN(C)C1(CC2CC2)CCN(C(=O)CCc2ccccc2)CC1. The van der Waals surface area contributed by atoms with Crippen LogP contribution in [0.5, 0.6) is 0 Å². The fourth-order valence-corrected chi connectivity index (χ4v) is 3.92. The van der Waals surface area contributed by atoms with Crippen LogP contribution in [-0.4, -0.2) is 48.4 Å². The van der Waals surface area contributed by atoms with Crippen molar-refractivity contribution in [2.75, 3.05) is 27.2 Å². The van der Waals surface area contributed by atoms with Crippen LogP contribution in [0.25, 0.3) is 0 Å². The Labute approximate surface area is 140 Å². The maximum Gasteiger partial charge on any atom is 0.222 e. The Morgan fingerprint density at radius 2 is 1.83 bits per heavy atom. The summed E-state index contributed by atoms with van der Waals surface area (Å²) >= 11 is 0. The first-order chi connectivity index (χ1) is 11.1. The zero-order valence-corrected chi connectivity index (χ0v) is 14.6. The molecule has 3 heteroatoms. The molecule has 1 amide bonds. The smallest absolute Gasteiger partial charge is 0.222 e. The molecule has 0 bridgehead atoms. The first-order valence-electron chi connectivity index (χ1n) is 9.08. The summed E-state index contributed by atoms with van der Waals surface area (Å²) in [5.74, 6) is 1.27. The van der Waals surface area contributed by atoms with Crippen molar-refractivity contribution in [1.82, 2.24) is 9.80 Å². The summed E-state index contributed by atoms with van der Waals surface area (Å²) in [5.41, 5.74) is 1.59. The minimum atomic E-state index is 0.327. The summed E-state index contributed by atoms with van der Waals surface area (Å²) in [6, 6.07) is 10.3. The predicted molar refractivity (Wildman–Crippen MR) is 94.3 cm³/mol. The number of hydrogen-bond donors (Lipinski definition) is 0. The van der Waals surface area contributed by atoms with E-state index in [9.17, 15) is 4.79 Å². The van der Waals surface area contributed by atoms with Gasteiger partial charge in [0.05, 0.1) is 0 Å². The van der Waals surface area contributed by atoms with Gasteiger partial charge in [-0.2, -0.15) is 0 Å². The lowest BCUT2D eigenvalue weighted by Crippen LogP contribution is -2.54. The van der Waals surface area contributed by atoms with Gasteiger partial charge in [-0.3, -0.25) is 4.79 Å². The molecule has 0 radical (unpaired) electrons. The highest BCUT2D eigenvalue weighted by Crippen LogP contribution is 2.42. The third kappa shape index (κ3) is 4.14. The first kappa shape index (κ1) is 16.5. The molecule has 0 spiro atoms. The molecule has 0 aromatic heterocycles. The van der Waals surface area contributed by atoms with E-state index in [0.29, 0.717) is 17.9 Å². The second-order valence-electron chi connectivity index (χ2n) is 7.63. The standard InChI is InChI=1S/C20H30N2O/c1-21(2)20(16-18-8-9-18)12-14-22(15-13-20)19(23)11-10-17-6-4-3-5-7-17/h3-7,18H,8-16H2,1-2H3. The van der Waals surface area contributed by atoms with Crippen LogP contribution >= 0.6 is 0 Å². The van der Waals surface area contributed by atoms with Gasteiger partial charge in [0.15, 0.2) is 0 Å². The van der Waals surface area contributed by atoms with E-state index < -0.39 is 0 Å². The van der Waals surface area contributed by atoms with E-state index in [1.807, 2.05) is 18.2 Å². The molecule has 1 aromatic carbocycles. The minimum absolute atomic E-state index is 0.327. The zero-order valence-electron chi connectivity index (χ0n) is 14.6. The lowest BCUT2D eigenvalue weighted by Gasteiger charge is -2.46. The number of carbonyl (C=O) groups excluding carboxylic acids is 1. The summed E-state index contributed by atoms with van der Waals surface area (Å²) in [6.45, 7) is 1.86. The van der Waals surface area contributed by atoms with Gasteiger partial charge in [-0.05, 0) is 51.3 Å². The average molecular weight is 314 g/mol. The molecular weight excluding hydrogens is 284 g/mol. The van der Waals surface area contributed by atoms with Crippen LogP contribution < -0.4 is 0 Å². The second kappa shape index (κ2) is 7.04. The summed E-state index contributed by atoms with van der Waals surface area (Å²) in [7, 11) is 4.44. The number of hydrogen-bond acceptors (Lipinski definition) is 2. The van der Waals surface area contributed by atoms with Crippen LogP contribution in [0.1, 0.15) is 44.1 Å². The number of likely N-dealkylation sites (tertiary alicyclic amines) is 1. The van der Waals surface area contributed by atoms with Crippen molar-refractivity contribution < 1.29 is 4.79 Å². The van der Waals surface area contributed by atoms with Crippen molar-refractivity contribution in [2.24, 2.45) is 5.92 Å². The minimum Gasteiger partial charge on any atom is -0.343 e. The Hall–Kier alpha value is -1.35. The average Bonchev–Trinajstić information content (AvgIpc) is 3.38. The van der Waals surface area contributed by atoms with Crippen LogP contribution in [0.2, 0.25) is 0 Å². The van der Waals surface area contributed by atoms with E-state index >= 15 is 0 Å². The highest BCUT2D eigenvalue weighted by Gasteiger charge is 2.41. The van der Waals surface area contributed by atoms with Crippen molar-refractivity contribution in [3.05, 3.63) is 35.9 Å². The van der Waals surface area contributed by atoms with Gasteiger partial charge < -0.3 is 9.80 Å². The Morgan fingerprint density at radius 1 is 1.17 bits per heavy atom. The molecule has 1 saturated heterocycles. The van der Waals surface area contributed by atoms with Crippen LogP contribution in [0, 0.1) is 5.92 Å². The van der Waals surface area contributed by atoms with Gasteiger partial charge in [0.2, 0.25) is 5.91 Å². The lowest BCUT2D eigenvalue weighted by atomic mass is 9.81. The fourth-order valence-electron chi connectivity index (χ4n) is 3.92. The lowest BCUT2D eigenvalue weighted by molar-refractivity contribution is -0.133. The molecule has 0 unspecified atom stereocenters. The Morgan fingerprint density at radius 3 is 2.39 bits per heavy atom. The predicted octanol–water partition coefficient (Wildman–Crippen LogP) is 3.34. The molecule has 126 valence electrons. The van der Waals surface area contributed by atoms with E-state index in [4.69, 9.17) is 0 Å². The maximum atomic E-state index is 12.5. The molecule has 0 N–H and O–H groups in total. The number of carbonyl (C=O) groups is 1. The van der Waals surface area contributed by atoms with Gasteiger partial charge in [-0.1, -0.05) is 43.2 Å². The van der Waals surface area contributed by atoms with Gasteiger partial charge in [0, 0.05) is 25.0 Å². The van der Waals surface area contributed by atoms with Crippen molar-refractivity contribution in [1.29, 1.82) is 0 Å². The first-order valence-corrected chi connectivity index (χ1v) is 9.08. The Bertz CT molecular complexity index is 514. The summed E-state index contributed by atoms with van der Waals surface area (Å²) < 4.78 is 0. The molecule has 1 aliphatic heterocycles. The van der Waals surface area contributed by atoms with Gasteiger partial charge in [0.25, 0.3) is 0 Å². The molecule has 3 nitrogen and oxygen atoms in total. The largest absolute Gasteiger partial charge is 0.343 e. The summed E-state index contributed by atoms with van der Waals surface area (Å²) in [4.78, 5) is 17.0. The molecule has 23 heavy (non-hydrogen) atoms.